The minimum absolute atomic E-state index is 0.0478. The van der Waals surface area contributed by atoms with Crippen molar-refractivity contribution in [3.8, 4) is 0 Å². The number of hydrogen-bond acceptors (Lipinski definition) is 6. The summed E-state index contributed by atoms with van der Waals surface area (Å²) < 4.78 is 36.0. The second kappa shape index (κ2) is 34.0. The summed E-state index contributed by atoms with van der Waals surface area (Å²) in [5, 5.41) is 0. The minimum atomic E-state index is -4.29. The van der Waals surface area contributed by atoms with Crippen molar-refractivity contribution in [2.24, 2.45) is 0 Å². The number of rotatable bonds is 30. The zero-order valence-electron chi connectivity index (χ0n) is 35.6. The fourth-order valence-electron chi connectivity index (χ4n) is 6.36. The second-order valence-electron chi connectivity index (χ2n) is 15.6. The number of ether oxygens (including phenoxy) is 2. The van der Waals surface area contributed by atoms with E-state index in [-0.39, 0.29) is 31.7 Å². The number of hydrogen-bond donors (Lipinski definition) is 1. The highest BCUT2D eigenvalue weighted by Crippen LogP contribution is 2.44. The minimum Gasteiger partial charge on any atom is -0.457 e. The number of carbonyl (C=O) groups excluding carboxylic acids is 1. The van der Waals surface area contributed by atoms with Crippen molar-refractivity contribution in [3.05, 3.63) is 72.9 Å². The smallest absolute Gasteiger partial charge is 0.457 e. The Hall–Kier alpha value is -2.06. The average molecular weight is 791 g/mol. The molecule has 4 atom stereocenters. The molecule has 1 aliphatic heterocycles. The number of esters is 1. The Kier molecular flexibility index (Phi) is 31.5. The highest BCUT2D eigenvalue weighted by atomic mass is 31.2. The maximum Gasteiger partial charge on any atom is 0.472 e. The number of nitrogens with zero attached hydrogens (tertiary/aromatic N) is 1. The SMILES string of the molecule is CC/C=C\C/C=C\C/C=C\C/C=C\C/C=C\C/C=C\CCC(=O)OC1COP(=O)(O)OCC[N+](C)(C)CC1OC(C)CCCCCCCCCCCCCC. The van der Waals surface area contributed by atoms with Crippen LogP contribution < -0.4 is 0 Å². The van der Waals surface area contributed by atoms with Crippen molar-refractivity contribution in [1.29, 1.82) is 0 Å². The maximum atomic E-state index is 13.0. The Morgan fingerprint density at radius 1 is 0.709 bits per heavy atom. The van der Waals surface area contributed by atoms with Crippen molar-refractivity contribution >= 4 is 13.8 Å². The zero-order valence-corrected chi connectivity index (χ0v) is 36.5. The van der Waals surface area contributed by atoms with E-state index in [1.165, 1.54) is 70.6 Å². The van der Waals surface area contributed by atoms with Crippen LogP contribution in [0.3, 0.4) is 0 Å². The largest absolute Gasteiger partial charge is 0.472 e. The molecule has 0 aromatic heterocycles. The van der Waals surface area contributed by atoms with Crippen molar-refractivity contribution in [2.45, 2.75) is 174 Å². The first kappa shape index (κ1) is 51.0. The third-order valence-corrected chi connectivity index (χ3v) is 10.7. The maximum absolute atomic E-state index is 13.0. The molecule has 0 radical (unpaired) electrons. The highest BCUT2D eigenvalue weighted by molar-refractivity contribution is 7.47. The average Bonchev–Trinajstić information content (AvgIpc) is 3.14. The molecule has 0 amide bonds. The van der Waals surface area contributed by atoms with Gasteiger partial charge in [-0.25, -0.2) is 4.57 Å². The summed E-state index contributed by atoms with van der Waals surface area (Å²) in [5.41, 5.74) is 0. The molecule has 0 aromatic carbocycles. The van der Waals surface area contributed by atoms with Crippen LogP contribution in [0.1, 0.15) is 156 Å². The fraction of sp³-hybridized carbons (Fsp3) is 0.717. The molecule has 1 N–H and O–H groups in total. The molecule has 4 unspecified atom stereocenters. The predicted octanol–water partition coefficient (Wildman–Crippen LogP) is 12.5. The topological polar surface area (TPSA) is 91.3 Å². The molecule has 0 aliphatic carbocycles. The lowest BCUT2D eigenvalue weighted by molar-refractivity contribution is -0.894. The van der Waals surface area contributed by atoms with Gasteiger partial charge in [-0.2, -0.15) is 0 Å². The van der Waals surface area contributed by atoms with Gasteiger partial charge in [0.15, 0.2) is 6.10 Å². The van der Waals surface area contributed by atoms with Gasteiger partial charge in [-0.1, -0.05) is 164 Å². The van der Waals surface area contributed by atoms with Gasteiger partial charge in [-0.15, -0.1) is 0 Å². The summed E-state index contributed by atoms with van der Waals surface area (Å²) in [5.74, 6) is -0.383. The van der Waals surface area contributed by atoms with Crippen LogP contribution in [0.25, 0.3) is 0 Å². The Morgan fingerprint density at radius 3 is 1.69 bits per heavy atom. The predicted molar refractivity (Wildman–Crippen MR) is 231 cm³/mol. The van der Waals surface area contributed by atoms with Crippen LogP contribution in [0.4, 0.5) is 0 Å². The van der Waals surface area contributed by atoms with Crippen LogP contribution in [0.2, 0.25) is 0 Å². The lowest BCUT2D eigenvalue weighted by Gasteiger charge is -2.38. The van der Waals surface area contributed by atoms with E-state index < -0.39 is 20.0 Å². The first-order valence-corrected chi connectivity index (χ1v) is 23.3. The summed E-state index contributed by atoms with van der Waals surface area (Å²) in [6.45, 7) is 7.34. The van der Waals surface area contributed by atoms with E-state index in [1.807, 2.05) is 20.2 Å². The van der Waals surface area contributed by atoms with Crippen LogP contribution in [0.5, 0.6) is 0 Å². The van der Waals surface area contributed by atoms with E-state index in [2.05, 4.69) is 87.6 Å². The zero-order chi connectivity index (χ0) is 40.3. The van der Waals surface area contributed by atoms with Crippen LogP contribution in [0.15, 0.2) is 72.9 Å². The van der Waals surface area contributed by atoms with Gasteiger partial charge in [0.05, 0.1) is 26.8 Å². The van der Waals surface area contributed by atoms with Gasteiger partial charge < -0.3 is 18.9 Å². The number of phosphoric acid groups is 1. The number of carbonyl (C=O) groups is 1. The molecule has 0 spiro atoms. The van der Waals surface area contributed by atoms with Gasteiger partial charge >= 0.3 is 13.8 Å². The second-order valence-corrected chi connectivity index (χ2v) is 17.0. The summed E-state index contributed by atoms with van der Waals surface area (Å²) in [4.78, 5) is 23.3. The third kappa shape index (κ3) is 31.7. The molecule has 0 bridgehead atoms. The quantitative estimate of drug-likeness (QED) is 0.0255. The van der Waals surface area contributed by atoms with E-state index in [0.717, 1.165) is 51.4 Å². The molecule has 1 fully saturated rings. The number of unbranched alkanes of at least 4 members (excludes halogenated alkanes) is 11. The Bertz CT molecular complexity index is 1170. The number of likely N-dealkylation sites (N-methyl/N-ethyl adjacent to an activating group) is 1. The lowest BCUT2D eigenvalue weighted by Crippen LogP contribution is -2.54. The molecular formula is C46H81NO7P+. The van der Waals surface area contributed by atoms with E-state index in [1.54, 1.807) is 0 Å². The molecular weight excluding hydrogens is 709 g/mol. The number of quaternary nitrogens is 1. The van der Waals surface area contributed by atoms with E-state index in [9.17, 15) is 14.3 Å². The molecule has 0 saturated carbocycles. The molecule has 1 heterocycles. The summed E-state index contributed by atoms with van der Waals surface area (Å²) in [7, 11) is -0.230. The summed E-state index contributed by atoms with van der Waals surface area (Å²) >= 11 is 0. The molecule has 1 aliphatic rings. The molecule has 0 aromatic rings. The van der Waals surface area contributed by atoms with Gasteiger partial charge in [0, 0.05) is 6.42 Å². The molecule has 1 saturated heterocycles. The molecule has 8 nitrogen and oxygen atoms in total. The number of allylic oxidation sites excluding steroid dienone is 12. The molecule has 1 rings (SSSR count). The van der Waals surface area contributed by atoms with Crippen LogP contribution in [-0.4, -0.2) is 74.1 Å². The monoisotopic (exact) mass is 791 g/mol. The van der Waals surface area contributed by atoms with Crippen molar-refractivity contribution < 1.29 is 37.3 Å². The van der Waals surface area contributed by atoms with Crippen LogP contribution >= 0.6 is 7.82 Å². The van der Waals surface area contributed by atoms with Crippen LogP contribution in [0, 0.1) is 0 Å². The Morgan fingerprint density at radius 2 is 1.18 bits per heavy atom. The van der Waals surface area contributed by atoms with Crippen molar-refractivity contribution in [2.75, 3.05) is 40.4 Å². The van der Waals surface area contributed by atoms with Gasteiger partial charge in [-0.05, 0) is 58.3 Å². The fourth-order valence-corrected chi connectivity index (χ4v) is 7.08. The van der Waals surface area contributed by atoms with E-state index >= 15 is 0 Å². The third-order valence-electron chi connectivity index (χ3n) is 9.71. The van der Waals surface area contributed by atoms with E-state index in [0.29, 0.717) is 24.0 Å². The lowest BCUT2D eigenvalue weighted by atomic mass is 10.0. The first-order chi connectivity index (χ1) is 26.6. The van der Waals surface area contributed by atoms with Crippen molar-refractivity contribution in [1.82, 2.24) is 0 Å². The summed E-state index contributed by atoms with van der Waals surface area (Å²) in [6, 6.07) is 0. The number of phosphoric ester groups is 1. The standard InChI is InChI=1S/C46H80NO7P/c1-6-8-10-12-14-16-18-20-21-22-23-24-25-26-28-30-32-34-36-38-46(48)54-45-42-52-55(49,50)51-40-39-47(4,5)41-44(45)53-43(3)37-35-33-31-29-27-19-17-15-13-11-9-7-2/h8,10,14,16,20-21,23-24,26,28,32,34,43-45H,6-7,9,11-13,15,17-19,22,25,27,29-31,33,35-42H2,1-5H3/p+1/b10-8-,16-14-,21-20-,24-23-,28-26-,34-32-. The highest BCUT2D eigenvalue weighted by Gasteiger charge is 2.38. The van der Waals surface area contributed by atoms with E-state index in [4.69, 9.17) is 18.5 Å². The molecule has 55 heavy (non-hydrogen) atoms. The van der Waals surface area contributed by atoms with Crippen molar-refractivity contribution in [3.63, 3.8) is 0 Å². The van der Waals surface area contributed by atoms with Gasteiger partial charge in [0.1, 0.15) is 25.8 Å². The first-order valence-electron chi connectivity index (χ1n) is 21.8. The Balaban J connectivity index is 2.50. The van der Waals surface area contributed by atoms with Gasteiger partial charge in [-0.3, -0.25) is 13.8 Å². The Labute approximate surface area is 337 Å². The van der Waals surface area contributed by atoms with Gasteiger partial charge in [0.2, 0.25) is 0 Å². The van der Waals surface area contributed by atoms with Gasteiger partial charge in [0.25, 0.3) is 0 Å². The molecule has 316 valence electrons. The normalized spacial score (nSPS) is 21.9. The van der Waals surface area contributed by atoms with Crippen LogP contribution in [-0.2, 0) is 27.9 Å². The molecule has 9 heteroatoms. The summed E-state index contributed by atoms with van der Waals surface area (Å²) in [6.07, 6.45) is 47.5.